The van der Waals surface area contributed by atoms with Gasteiger partial charge in [0.05, 0.1) is 17.9 Å². The van der Waals surface area contributed by atoms with Crippen molar-refractivity contribution in [3.05, 3.63) is 59.7 Å². The molecule has 3 rings (SSSR count). The van der Waals surface area contributed by atoms with E-state index in [2.05, 4.69) is 10.2 Å². The van der Waals surface area contributed by atoms with E-state index >= 15 is 0 Å². The largest absolute Gasteiger partial charge is 0.546 e. The van der Waals surface area contributed by atoms with Crippen LogP contribution in [0, 0.1) is 0 Å². The quantitative estimate of drug-likeness (QED) is 0.548. The summed E-state index contributed by atoms with van der Waals surface area (Å²) in [6.07, 6.45) is 2.37. The molecule has 0 aliphatic carbocycles. The highest BCUT2D eigenvalue weighted by atomic mass is 16.5. The number of fused-ring (bicyclic) bond motifs is 1. The molecule has 7 nitrogen and oxygen atoms in total. The van der Waals surface area contributed by atoms with E-state index in [1.807, 2.05) is 31.2 Å². The summed E-state index contributed by atoms with van der Waals surface area (Å²) >= 11 is 0. The smallest absolute Gasteiger partial charge is 0.279 e. The Morgan fingerprint density at radius 2 is 1.93 bits per heavy atom. The molecule has 27 heavy (non-hydrogen) atoms. The Bertz CT molecular complexity index is 904. The topological polar surface area (TPSA) is 94.4 Å². The predicted molar refractivity (Wildman–Crippen MR) is 100 cm³/mol. The molecule has 2 aromatic carbocycles. The lowest BCUT2D eigenvalue weighted by molar-refractivity contribution is -0.307. The molecule has 0 unspecified atom stereocenters. The van der Waals surface area contributed by atoms with Gasteiger partial charge in [-0.3, -0.25) is 4.79 Å². The zero-order chi connectivity index (χ0) is 19.2. The maximum atomic E-state index is 12.6. The molecule has 0 N–H and O–H groups in total. The number of carboxylic acids is 1. The Labute approximate surface area is 156 Å². The summed E-state index contributed by atoms with van der Waals surface area (Å²) < 4.78 is 5.01. The van der Waals surface area contributed by atoms with Crippen LogP contribution in [-0.4, -0.2) is 37.0 Å². The molecule has 0 atom stereocenters. The Balaban J connectivity index is 1.75. The second-order valence-electron chi connectivity index (χ2n) is 5.90. The second-order valence-corrected chi connectivity index (χ2v) is 5.90. The summed E-state index contributed by atoms with van der Waals surface area (Å²) in [5.41, 5.74) is 2.69. The third kappa shape index (κ3) is 4.20. The van der Waals surface area contributed by atoms with E-state index in [0.717, 1.165) is 23.2 Å². The maximum Gasteiger partial charge on any atom is 0.279 e. The second kappa shape index (κ2) is 8.27. The van der Waals surface area contributed by atoms with Crippen LogP contribution in [0.5, 0.6) is 5.75 Å². The SMILES string of the molecule is CCCN1C(=O)/C(=N/N=C\c2ccc(OCC(=O)[O-])cc2)c2ccccc21. The summed E-state index contributed by atoms with van der Waals surface area (Å²) in [5.74, 6) is -1.02. The molecule has 0 saturated carbocycles. The third-order valence-electron chi connectivity index (χ3n) is 3.95. The minimum absolute atomic E-state index is 0.152. The van der Waals surface area contributed by atoms with Crippen molar-refractivity contribution in [3.63, 3.8) is 0 Å². The highest BCUT2D eigenvalue weighted by Crippen LogP contribution is 2.29. The number of aliphatic carboxylic acids is 1. The van der Waals surface area contributed by atoms with E-state index in [-0.39, 0.29) is 5.91 Å². The molecule has 2 aromatic rings. The average molecular weight is 364 g/mol. The van der Waals surface area contributed by atoms with Gasteiger partial charge in [-0.25, -0.2) is 0 Å². The first-order valence-corrected chi connectivity index (χ1v) is 8.55. The van der Waals surface area contributed by atoms with Crippen LogP contribution in [0.4, 0.5) is 5.69 Å². The van der Waals surface area contributed by atoms with Gasteiger partial charge in [0, 0.05) is 12.1 Å². The molecule has 7 heteroatoms. The molecule has 1 heterocycles. The molecule has 0 bridgehead atoms. The van der Waals surface area contributed by atoms with Crippen molar-refractivity contribution >= 4 is 29.5 Å². The molecular formula is C20H18N3O4-. The standard InChI is InChI=1S/C20H19N3O4/c1-2-11-23-17-6-4-3-5-16(17)19(20(23)26)22-21-12-14-7-9-15(10-8-14)27-13-18(24)25/h3-10,12H,2,11,13H2,1H3,(H,24,25)/p-1/b21-12-,22-19+. The molecular weight excluding hydrogens is 346 g/mol. The van der Waals surface area contributed by atoms with Crippen LogP contribution in [0.25, 0.3) is 0 Å². The summed E-state index contributed by atoms with van der Waals surface area (Å²) in [4.78, 5) is 24.7. The van der Waals surface area contributed by atoms with Crippen molar-refractivity contribution in [3.8, 4) is 5.75 Å². The van der Waals surface area contributed by atoms with Gasteiger partial charge in [0.25, 0.3) is 5.91 Å². The van der Waals surface area contributed by atoms with Crippen LogP contribution in [0.1, 0.15) is 24.5 Å². The van der Waals surface area contributed by atoms with Gasteiger partial charge in [-0.1, -0.05) is 25.1 Å². The number of rotatable bonds is 7. The molecule has 0 fully saturated rings. The molecule has 0 spiro atoms. The van der Waals surface area contributed by atoms with E-state index in [1.165, 1.54) is 6.21 Å². The van der Waals surface area contributed by atoms with E-state index in [4.69, 9.17) is 4.74 Å². The predicted octanol–water partition coefficient (Wildman–Crippen LogP) is 1.40. The van der Waals surface area contributed by atoms with Crippen LogP contribution in [-0.2, 0) is 9.59 Å². The van der Waals surface area contributed by atoms with Gasteiger partial charge in [-0.15, -0.1) is 5.10 Å². The number of ether oxygens (including phenoxy) is 1. The van der Waals surface area contributed by atoms with Gasteiger partial charge in [-0.05, 0) is 42.3 Å². The number of carbonyl (C=O) groups excluding carboxylic acids is 2. The highest BCUT2D eigenvalue weighted by Gasteiger charge is 2.33. The van der Waals surface area contributed by atoms with Crippen LogP contribution >= 0.6 is 0 Å². The Morgan fingerprint density at radius 3 is 2.63 bits per heavy atom. The lowest BCUT2D eigenvalue weighted by atomic mass is 10.1. The zero-order valence-electron chi connectivity index (χ0n) is 14.8. The number of benzene rings is 2. The Hall–Kier alpha value is -3.48. The van der Waals surface area contributed by atoms with Crippen molar-refractivity contribution in [1.82, 2.24) is 0 Å². The van der Waals surface area contributed by atoms with E-state index in [1.54, 1.807) is 29.2 Å². The summed E-state index contributed by atoms with van der Waals surface area (Å²) in [6, 6.07) is 14.2. The van der Waals surface area contributed by atoms with Crippen molar-refractivity contribution < 1.29 is 19.4 Å². The van der Waals surface area contributed by atoms with Crippen LogP contribution in [0.3, 0.4) is 0 Å². The number of nitrogens with zero attached hydrogens (tertiary/aromatic N) is 3. The van der Waals surface area contributed by atoms with E-state index in [9.17, 15) is 14.7 Å². The van der Waals surface area contributed by atoms with Gasteiger partial charge < -0.3 is 19.5 Å². The normalized spacial score (nSPS) is 14.8. The summed E-state index contributed by atoms with van der Waals surface area (Å²) in [5, 5.41) is 18.6. The summed E-state index contributed by atoms with van der Waals surface area (Å²) in [6.45, 7) is 2.15. The molecule has 1 amide bonds. The van der Waals surface area contributed by atoms with Gasteiger partial charge in [-0.2, -0.15) is 5.10 Å². The highest BCUT2D eigenvalue weighted by molar-refractivity contribution is 6.54. The molecule has 0 radical (unpaired) electrons. The zero-order valence-corrected chi connectivity index (χ0v) is 14.8. The lowest BCUT2D eigenvalue weighted by Crippen LogP contribution is -2.30. The molecule has 0 saturated heterocycles. The van der Waals surface area contributed by atoms with Crippen molar-refractivity contribution in [2.24, 2.45) is 10.2 Å². The number of carboxylic acid groups (broad SMARTS) is 1. The average Bonchev–Trinajstić information content (AvgIpc) is 2.93. The Morgan fingerprint density at radius 1 is 1.19 bits per heavy atom. The maximum absolute atomic E-state index is 12.6. The number of para-hydroxylation sites is 1. The van der Waals surface area contributed by atoms with Crippen LogP contribution < -0.4 is 14.7 Å². The van der Waals surface area contributed by atoms with Gasteiger partial charge in [0.1, 0.15) is 12.4 Å². The van der Waals surface area contributed by atoms with Gasteiger partial charge >= 0.3 is 0 Å². The molecule has 1 aliphatic rings. The molecule has 0 aromatic heterocycles. The number of hydrogen-bond donors (Lipinski definition) is 0. The van der Waals surface area contributed by atoms with Gasteiger partial charge in [0.15, 0.2) is 5.71 Å². The first-order valence-electron chi connectivity index (χ1n) is 8.55. The third-order valence-corrected chi connectivity index (χ3v) is 3.95. The first-order chi connectivity index (χ1) is 13.1. The van der Waals surface area contributed by atoms with Crippen LogP contribution in [0.15, 0.2) is 58.7 Å². The summed E-state index contributed by atoms with van der Waals surface area (Å²) in [7, 11) is 0. The fourth-order valence-corrected chi connectivity index (χ4v) is 2.75. The number of anilines is 1. The number of amides is 1. The van der Waals surface area contributed by atoms with Crippen molar-refractivity contribution in [1.29, 1.82) is 0 Å². The molecule has 138 valence electrons. The number of carbonyl (C=O) groups is 2. The minimum atomic E-state index is -1.28. The first kappa shape index (κ1) is 18.3. The fraction of sp³-hybridized carbons (Fsp3) is 0.200. The van der Waals surface area contributed by atoms with E-state index < -0.39 is 12.6 Å². The fourth-order valence-electron chi connectivity index (χ4n) is 2.75. The monoisotopic (exact) mass is 364 g/mol. The van der Waals surface area contributed by atoms with Crippen molar-refractivity contribution in [2.45, 2.75) is 13.3 Å². The minimum Gasteiger partial charge on any atom is -0.546 e. The van der Waals surface area contributed by atoms with E-state index in [0.29, 0.717) is 18.0 Å². The van der Waals surface area contributed by atoms with Gasteiger partial charge in [0.2, 0.25) is 0 Å². The lowest BCUT2D eigenvalue weighted by Gasteiger charge is -2.14. The van der Waals surface area contributed by atoms with Crippen LogP contribution in [0.2, 0.25) is 0 Å². The number of hydrogen-bond acceptors (Lipinski definition) is 6. The molecule has 1 aliphatic heterocycles. The van der Waals surface area contributed by atoms with Crippen molar-refractivity contribution in [2.75, 3.05) is 18.1 Å². The Kier molecular flexibility index (Phi) is 5.61.